The van der Waals surface area contributed by atoms with Gasteiger partial charge in [-0.15, -0.1) is 0 Å². The van der Waals surface area contributed by atoms with Crippen LogP contribution < -0.4 is 5.32 Å². The van der Waals surface area contributed by atoms with Crippen molar-refractivity contribution in [3.8, 4) is 0 Å². The van der Waals surface area contributed by atoms with Gasteiger partial charge < -0.3 is 10.4 Å². The van der Waals surface area contributed by atoms with Crippen LogP contribution in [0.25, 0.3) is 0 Å². The molecule has 3 rings (SSSR count). The van der Waals surface area contributed by atoms with Gasteiger partial charge in [-0.3, -0.25) is 4.79 Å². The van der Waals surface area contributed by atoms with Crippen LogP contribution in [-0.2, 0) is 4.79 Å². The van der Waals surface area contributed by atoms with Gasteiger partial charge >= 0.3 is 0 Å². The molecule has 1 fully saturated rings. The molecule has 1 aliphatic carbocycles. The van der Waals surface area contributed by atoms with Crippen LogP contribution in [0.2, 0.25) is 0 Å². The van der Waals surface area contributed by atoms with E-state index in [1.165, 1.54) is 11.1 Å². The maximum Gasteiger partial charge on any atom is 0.224 e. The summed E-state index contributed by atoms with van der Waals surface area (Å²) >= 11 is 0. The highest BCUT2D eigenvalue weighted by Gasteiger charge is 2.55. The Kier molecular flexibility index (Phi) is 4.54. The Morgan fingerprint density at radius 2 is 1.41 bits per heavy atom. The molecule has 0 radical (unpaired) electrons. The third kappa shape index (κ3) is 3.04. The molecule has 1 amide bonds. The molecule has 0 aliphatic heterocycles. The van der Waals surface area contributed by atoms with Gasteiger partial charge in [-0.2, -0.15) is 0 Å². The van der Waals surface area contributed by atoms with E-state index in [-0.39, 0.29) is 30.3 Å². The number of carbonyl (C=O) groups is 1. The Labute approximate surface area is 131 Å². The third-order valence-corrected chi connectivity index (χ3v) is 4.33. The fraction of sp³-hybridized carbons (Fsp3) is 0.316. The van der Waals surface area contributed by atoms with Crippen molar-refractivity contribution in [3.63, 3.8) is 0 Å². The SMILES string of the molecule is O=C(NCCCO)C1C(c2ccccc2)C1c1ccccc1. The lowest BCUT2D eigenvalue weighted by molar-refractivity contribution is -0.122. The van der Waals surface area contributed by atoms with E-state index in [0.717, 1.165) is 0 Å². The summed E-state index contributed by atoms with van der Waals surface area (Å²) in [6.07, 6.45) is 0.602. The zero-order valence-corrected chi connectivity index (χ0v) is 12.5. The van der Waals surface area contributed by atoms with Gasteiger partial charge in [0.1, 0.15) is 0 Å². The minimum absolute atomic E-state index is 0.0107. The number of aliphatic hydroxyl groups is 1. The Bertz CT molecular complexity index is 566. The second-order valence-electron chi connectivity index (χ2n) is 5.77. The van der Waals surface area contributed by atoms with Crippen molar-refractivity contribution in [1.29, 1.82) is 0 Å². The standard InChI is InChI=1S/C19H21NO2/c21-13-7-12-20-19(22)18-16(14-8-3-1-4-9-14)17(18)15-10-5-2-6-11-15/h1-6,8-11,16-18,21H,7,12-13H2,(H,20,22). The first-order valence-electron chi connectivity index (χ1n) is 7.81. The van der Waals surface area contributed by atoms with Crippen molar-refractivity contribution in [2.45, 2.75) is 18.3 Å². The molecule has 0 bridgehead atoms. The molecule has 1 aliphatic rings. The zero-order valence-electron chi connectivity index (χ0n) is 12.5. The highest BCUT2D eigenvalue weighted by Crippen LogP contribution is 2.60. The summed E-state index contributed by atoms with van der Waals surface area (Å²) in [5.74, 6) is 0.579. The normalized spacial score (nSPS) is 23.0. The number of amides is 1. The van der Waals surface area contributed by atoms with Crippen molar-refractivity contribution >= 4 is 5.91 Å². The fourth-order valence-electron chi connectivity index (χ4n) is 3.23. The molecular weight excluding hydrogens is 274 g/mol. The molecule has 2 N–H and O–H groups in total. The maximum atomic E-state index is 12.5. The van der Waals surface area contributed by atoms with Gasteiger partial charge in [0.25, 0.3) is 0 Å². The van der Waals surface area contributed by atoms with E-state index in [2.05, 4.69) is 29.6 Å². The summed E-state index contributed by atoms with van der Waals surface area (Å²) < 4.78 is 0. The van der Waals surface area contributed by atoms with Crippen molar-refractivity contribution < 1.29 is 9.90 Å². The van der Waals surface area contributed by atoms with Gasteiger partial charge in [-0.1, -0.05) is 60.7 Å². The number of hydrogen-bond donors (Lipinski definition) is 2. The monoisotopic (exact) mass is 295 g/mol. The van der Waals surface area contributed by atoms with Crippen LogP contribution in [0.1, 0.15) is 29.4 Å². The van der Waals surface area contributed by atoms with Gasteiger partial charge in [0, 0.05) is 25.0 Å². The average molecular weight is 295 g/mol. The summed E-state index contributed by atoms with van der Waals surface area (Å²) in [7, 11) is 0. The second-order valence-corrected chi connectivity index (χ2v) is 5.77. The van der Waals surface area contributed by atoms with Crippen LogP contribution in [0.3, 0.4) is 0 Å². The van der Waals surface area contributed by atoms with E-state index >= 15 is 0 Å². The van der Waals surface area contributed by atoms with E-state index in [1.807, 2.05) is 36.4 Å². The Morgan fingerprint density at radius 1 is 0.909 bits per heavy atom. The molecule has 2 aromatic carbocycles. The van der Waals surface area contributed by atoms with Gasteiger partial charge in [-0.25, -0.2) is 0 Å². The van der Waals surface area contributed by atoms with Crippen LogP contribution in [0.5, 0.6) is 0 Å². The zero-order chi connectivity index (χ0) is 15.4. The first kappa shape index (κ1) is 14.8. The minimum atomic E-state index is -0.0107. The summed E-state index contributed by atoms with van der Waals surface area (Å²) in [5.41, 5.74) is 2.44. The topological polar surface area (TPSA) is 49.3 Å². The Hall–Kier alpha value is -2.13. The average Bonchev–Trinajstić information content (AvgIpc) is 3.32. The molecule has 114 valence electrons. The largest absolute Gasteiger partial charge is 0.396 e. The van der Waals surface area contributed by atoms with Gasteiger partial charge in [0.15, 0.2) is 0 Å². The van der Waals surface area contributed by atoms with E-state index in [1.54, 1.807) is 0 Å². The van der Waals surface area contributed by atoms with Crippen LogP contribution in [0.4, 0.5) is 0 Å². The summed E-state index contributed by atoms with van der Waals surface area (Å²) in [5, 5.41) is 11.8. The lowest BCUT2D eigenvalue weighted by atomic mass is 10.0. The van der Waals surface area contributed by atoms with Crippen LogP contribution in [0.15, 0.2) is 60.7 Å². The summed E-state index contributed by atoms with van der Waals surface area (Å²) in [6, 6.07) is 20.5. The molecule has 0 aromatic heterocycles. The lowest BCUT2D eigenvalue weighted by Gasteiger charge is -2.03. The molecule has 0 saturated heterocycles. The number of carbonyl (C=O) groups excluding carboxylic acids is 1. The number of benzene rings is 2. The van der Waals surface area contributed by atoms with Gasteiger partial charge in [0.05, 0.1) is 5.92 Å². The highest BCUT2D eigenvalue weighted by atomic mass is 16.3. The van der Waals surface area contributed by atoms with E-state index < -0.39 is 0 Å². The molecule has 3 heteroatoms. The van der Waals surface area contributed by atoms with Crippen molar-refractivity contribution in [2.75, 3.05) is 13.2 Å². The first-order valence-corrected chi connectivity index (χ1v) is 7.81. The molecule has 3 nitrogen and oxygen atoms in total. The fourth-order valence-corrected chi connectivity index (χ4v) is 3.23. The number of rotatable bonds is 6. The first-order chi connectivity index (χ1) is 10.8. The van der Waals surface area contributed by atoms with Crippen molar-refractivity contribution in [1.82, 2.24) is 5.32 Å². The predicted molar refractivity (Wildman–Crippen MR) is 86.6 cm³/mol. The molecular formula is C19H21NO2. The van der Waals surface area contributed by atoms with E-state index in [0.29, 0.717) is 13.0 Å². The van der Waals surface area contributed by atoms with Gasteiger partial charge in [-0.05, 0) is 17.5 Å². The van der Waals surface area contributed by atoms with E-state index in [4.69, 9.17) is 5.11 Å². The predicted octanol–water partition coefficient (Wildman–Crippen LogP) is 2.68. The quantitative estimate of drug-likeness (QED) is 0.805. The van der Waals surface area contributed by atoms with Crippen LogP contribution in [0, 0.1) is 5.92 Å². The molecule has 0 spiro atoms. The molecule has 1 saturated carbocycles. The second kappa shape index (κ2) is 6.75. The number of hydrogen-bond acceptors (Lipinski definition) is 2. The van der Waals surface area contributed by atoms with Crippen molar-refractivity contribution in [2.24, 2.45) is 5.92 Å². The van der Waals surface area contributed by atoms with E-state index in [9.17, 15) is 4.79 Å². The Morgan fingerprint density at radius 3 is 1.86 bits per heavy atom. The highest BCUT2D eigenvalue weighted by molar-refractivity contribution is 5.85. The maximum absolute atomic E-state index is 12.5. The third-order valence-electron chi connectivity index (χ3n) is 4.33. The molecule has 2 aromatic rings. The molecule has 2 atom stereocenters. The summed E-state index contributed by atoms with van der Waals surface area (Å²) in [4.78, 5) is 12.5. The van der Waals surface area contributed by atoms with Crippen molar-refractivity contribution in [3.05, 3.63) is 71.8 Å². The van der Waals surface area contributed by atoms with Crippen LogP contribution in [-0.4, -0.2) is 24.2 Å². The Balaban J connectivity index is 1.79. The van der Waals surface area contributed by atoms with Gasteiger partial charge in [0.2, 0.25) is 5.91 Å². The molecule has 0 heterocycles. The molecule has 22 heavy (non-hydrogen) atoms. The van der Waals surface area contributed by atoms with Crippen LogP contribution >= 0.6 is 0 Å². The minimum Gasteiger partial charge on any atom is -0.396 e. The lowest BCUT2D eigenvalue weighted by Crippen LogP contribution is -2.27. The summed E-state index contributed by atoms with van der Waals surface area (Å²) in [6.45, 7) is 0.643. The number of nitrogens with one attached hydrogen (secondary N) is 1. The number of aliphatic hydroxyl groups excluding tert-OH is 1. The molecule has 2 unspecified atom stereocenters. The smallest absolute Gasteiger partial charge is 0.224 e.